The Morgan fingerprint density at radius 2 is 1.74 bits per heavy atom. The zero-order chi connectivity index (χ0) is 22.3. The van der Waals surface area contributed by atoms with Gasteiger partial charge in [-0.15, -0.1) is 11.3 Å². The van der Waals surface area contributed by atoms with E-state index < -0.39 is 23.8 Å². The lowest BCUT2D eigenvalue weighted by molar-refractivity contribution is -0.148. The Kier molecular flexibility index (Phi) is 6.24. The highest BCUT2D eigenvalue weighted by atomic mass is 32.1. The molecule has 7 heteroatoms. The number of esters is 1. The first kappa shape index (κ1) is 22.1. The highest BCUT2D eigenvalue weighted by molar-refractivity contribution is 7.17. The van der Waals surface area contributed by atoms with Crippen LogP contribution in [-0.4, -0.2) is 29.6 Å². The van der Waals surface area contributed by atoms with Crippen LogP contribution >= 0.6 is 11.3 Å². The summed E-state index contributed by atoms with van der Waals surface area (Å²) < 4.78 is 5.31. The number of allylic oxidation sites excluding steroid dienone is 2. The SMILES string of the molecule is CCOC(=O)c1c(NC(=O)[C@@H]2[C@@H](C(=O)O)[C@H]3CC[C@H]2C3=C(C)C)sc2c1CCCCC2. The number of aryl methyl sites for hydroxylation is 1. The lowest BCUT2D eigenvalue weighted by Gasteiger charge is -2.26. The third-order valence-electron chi connectivity index (χ3n) is 7.14. The molecule has 4 atom stereocenters. The molecule has 168 valence electrons. The molecule has 2 fully saturated rings. The predicted octanol–water partition coefficient (Wildman–Crippen LogP) is 4.83. The van der Waals surface area contributed by atoms with Crippen molar-refractivity contribution in [3.63, 3.8) is 0 Å². The fraction of sp³-hybridized carbons (Fsp3) is 0.625. The van der Waals surface area contributed by atoms with Crippen LogP contribution in [0, 0.1) is 23.7 Å². The van der Waals surface area contributed by atoms with Gasteiger partial charge in [0.1, 0.15) is 5.00 Å². The first-order chi connectivity index (χ1) is 14.8. The minimum atomic E-state index is -0.904. The molecule has 6 nitrogen and oxygen atoms in total. The Morgan fingerprint density at radius 1 is 1.06 bits per heavy atom. The number of rotatable bonds is 5. The monoisotopic (exact) mass is 445 g/mol. The summed E-state index contributed by atoms with van der Waals surface area (Å²) in [4.78, 5) is 39.5. The van der Waals surface area contributed by atoms with Crippen molar-refractivity contribution in [2.75, 3.05) is 11.9 Å². The van der Waals surface area contributed by atoms with Gasteiger partial charge in [0.15, 0.2) is 0 Å². The number of carbonyl (C=O) groups excluding carboxylic acids is 2. The van der Waals surface area contributed by atoms with Crippen molar-refractivity contribution in [2.24, 2.45) is 23.7 Å². The first-order valence-electron chi connectivity index (χ1n) is 11.4. The molecule has 2 bridgehead atoms. The van der Waals surface area contributed by atoms with Gasteiger partial charge in [-0.25, -0.2) is 4.79 Å². The van der Waals surface area contributed by atoms with Crippen molar-refractivity contribution in [3.05, 3.63) is 27.2 Å². The maximum Gasteiger partial charge on any atom is 0.341 e. The molecule has 2 N–H and O–H groups in total. The second-order valence-corrected chi connectivity index (χ2v) is 10.2. The number of thiophene rings is 1. The van der Waals surface area contributed by atoms with Crippen LogP contribution in [0.15, 0.2) is 11.1 Å². The average Bonchev–Trinajstić information content (AvgIpc) is 3.32. The number of carboxylic acids is 1. The van der Waals surface area contributed by atoms with E-state index in [0.717, 1.165) is 66.5 Å². The Hall–Kier alpha value is -2.15. The summed E-state index contributed by atoms with van der Waals surface area (Å²) >= 11 is 1.46. The number of carbonyl (C=O) groups is 3. The number of anilines is 1. The van der Waals surface area contributed by atoms with Crippen LogP contribution < -0.4 is 5.32 Å². The summed E-state index contributed by atoms with van der Waals surface area (Å²) in [5.74, 6) is -2.97. The quantitative estimate of drug-likeness (QED) is 0.385. The van der Waals surface area contributed by atoms with E-state index in [1.54, 1.807) is 6.92 Å². The summed E-state index contributed by atoms with van der Waals surface area (Å²) in [6.07, 6.45) is 6.59. The zero-order valence-corrected chi connectivity index (χ0v) is 19.3. The van der Waals surface area contributed by atoms with Crippen molar-refractivity contribution in [1.29, 1.82) is 0 Å². The minimum Gasteiger partial charge on any atom is -0.481 e. The third kappa shape index (κ3) is 3.81. The molecule has 1 aromatic heterocycles. The van der Waals surface area contributed by atoms with Crippen molar-refractivity contribution < 1.29 is 24.2 Å². The lowest BCUT2D eigenvalue weighted by Crippen LogP contribution is -2.38. The van der Waals surface area contributed by atoms with E-state index in [9.17, 15) is 19.5 Å². The second kappa shape index (κ2) is 8.77. The van der Waals surface area contributed by atoms with Crippen LogP contribution in [0.3, 0.4) is 0 Å². The maximum atomic E-state index is 13.5. The largest absolute Gasteiger partial charge is 0.481 e. The van der Waals surface area contributed by atoms with Gasteiger partial charge in [0.2, 0.25) is 5.91 Å². The normalized spacial score (nSPS) is 26.9. The topological polar surface area (TPSA) is 92.7 Å². The molecule has 1 amide bonds. The third-order valence-corrected chi connectivity index (χ3v) is 8.35. The lowest BCUT2D eigenvalue weighted by atomic mass is 9.78. The first-order valence-corrected chi connectivity index (χ1v) is 12.2. The molecule has 0 unspecified atom stereocenters. The minimum absolute atomic E-state index is 0.0278. The van der Waals surface area contributed by atoms with E-state index in [-0.39, 0.29) is 24.3 Å². The van der Waals surface area contributed by atoms with Crippen molar-refractivity contribution in [1.82, 2.24) is 0 Å². The van der Waals surface area contributed by atoms with Gasteiger partial charge in [-0.2, -0.15) is 0 Å². The van der Waals surface area contributed by atoms with Gasteiger partial charge in [-0.05, 0) is 76.7 Å². The van der Waals surface area contributed by atoms with Crippen LogP contribution in [0.25, 0.3) is 0 Å². The van der Waals surface area contributed by atoms with Crippen LogP contribution in [0.5, 0.6) is 0 Å². The number of nitrogens with one attached hydrogen (secondary N) is 1. The Morgan fingerprint density at radius 3 is 2.39 bits per heavy atom. The number of carboxylic acid groups (broad SMARTS) is 1. The molecule has 0 radical (unpaired) electrons. The van der Waals surface area contributed by atoms with E-state index in [0.29, 0.717) is 10.6 Å². The van der Waals surface area contributed by atoms with E-state index in [2.05, 4.69) is 5.32 Å². The summed E-state index contributed by atoms with van der Waals surface area (Å²) in [7, 11) is 0. The number of hydrogen-bond donors (Lipinski definition) is 2. The molecule has 1 aromatic rings. The fourth-order valence-electron chi connectivity index (χ4n) is 6.05. The molecule has 0 aliphatic heterocycles. The van der Waals surface area contributed by atoms with Gasteiger partial charge >= 0.3 is 11.9 Å². The molecule has 0 aromatic carbocycles. The van der Waals surface area contributed by atoms with Crippen LogP contribution in [0.4, 0.5) is 5.00 Å². The Bertz CT molecular complexity index is 942. The van der Waals surface area contributed by atoms with E-state index in [1.807, 2.05) is 13.8 Å². The van der Waals surface area contributed by atoms with Gasteiger partial charge in [-0.3, -0.25) is 9.59 Å². The van der Waals surface area contributed by atoms with Crippen molar-refractivity contribution >= 4 is 34.2 Å². The van der Waals surface area contributed by atoms with Gasteiger partial charge < -0.3 is 15.2 Å². The number of hydrogen-bond acceptors (Lipinski definition) is 5. The number of ether oxygens (including phenoxy) is 1. The molecule has 3 aliphatic rings. The van der Waals surface area contributed by atoms with E-state index >= 15 is 0 Å². The Labute approximate surface area is 187 Å². The van der Waals surface area contributed by atoms with Crippen LogP contribution in [-0.2, 0) is 27.2 Å². The standard InChI is InChI=1S/C24H31NO5S/c1-4-30-24(29)20-13-8-6-5-7-9-16(13)31-22(20)25-21(26)18-14-10-11-15(17(14)12(2)3)19(18)23(27)28/h14-15,18-19H,4-11H2,1-3H3,(H,25,26)(H,27,28)/t14-,15-,18-,19-/m0/s1. The highest BCUT2D eigenvalue weighted by Gasteiger charge is 2.57. The van der Waals surface area contributed by atoms with Crippen molar-refractivity contribution in [2.45, 2.75) is 65.7 Å². The smallest absolute Gasteiger partial charge is 0.341 e. The molecule has 4 rings (SSSR count). The molecule has 31 heavy (non-hydrogen) atoms. The van der Waals surface area contributed by atoms with Crippen molar-refractivity contribution in [3.8, 4) is 0 Å². The number of amides is 1. The number of aliphatic carboxylic acids is 1. The predicted molar refractivity (Wildman–Crippen MR) is 119 cm³/mol. The van der Waals surface area contributed by atoms with E-state index in [4.69, 9.17) is 4.74 Å². The molecule has 0 saturated heterocycles. The fourth-order valence-corrected chi connectivity index (χ4v) is 7.33. The summed E-state index contributed by atoms with van der Waals surface area (Å²) in [6, 6.07) is 0. The summed E-state index contributed by atoms with van der Waals surface area (Å²) in [6.45, 7) is 6.06. The number of fused-ring (bicyclic) bond motifs is 3. The molecule has 1 heterocycles. The zero-order valence-electron chi connectivity index (χ0n) is 18.5. The Balaban J connectivity index is 1.68. The molecule has 3 aliphatic carbocycles. The molecule has 0 spiro atoms. The molecular weight excluding hydrogens is 414 g/mol. The molecule has 2 saturated carbocycles. The average molecular weight is 446 g/mol. The van der Waals surface area contributed by atoms with Gasteiger partial charge in [-0.1, -0.05) is 17.6 Å². The van der Waals surface area contributed by atoms with Gasteiger partial charge in [0.25, 0.3) is 0 Å². The van der Waals surface area contributed by atoms with E-state index in [1.165, 1.54) is 11.3 Å². The van der Waals surface area contributed by atoms with Crippen LogP contribution in [0.2, 0.25) is 0 Å². The van der Waals surface area contributed by atoms with Crippen LogP contribution in [0.1, 0.15) is 73.7 Å². The maximum absolute atomic E-state index is 13.5. The molecular formula is C24H31NO5S. The second-order valence-electron chi connectivity index (χ2n) is 9.11. The summed E-state index contributed by atoms with van der Waals surface area (Å²) in [5.41, 5.74) is 3.77. The van der Waals surface area contributed by atoms with Gasteiger partial charge in [0, 0.05) is 4.88 Å². The summed E-state index contributed by atoms with van der Waals surface area (Å²) in [5, 5.41) is 13.4. The van der Waals surface area contributed by atoms with Gasteiger partial charge in [0.05, 0.1) is 24.0 Å². The highest BCUT2D eigenvalue weighted by Crippen LogP contribution is 2.57.